The summed E-state index contributed by atoms with van der Waals surface area (Å²) in [6, 6.07) is 9.43. The number of hydrogen-bond donors (Lipinski definition) is 0. The molecule has 0 spiro atoms. The van der Waals surface area contributed by atoms with Crippen LogP contribution in [0.2, 0.25) is 5.02 Å². The maximum Gasteiger partial charge on any atom is 0.420 e. The summed E-state index contributed by atoms with van der Waals surface area (Å²) in [5.74, 6) is -0.843. The molecule has 0 saturated carbocycles. The Morgan fingerprint density at radius 2 is 1.91 bits per heavy atom. The van der Waals surface area contributed by atoms with Crippen LogP contribution in [0.15, 0.2) is 41.3 Å². The number of hydrogen-bond acceptors (Lipinski definition) is 3. The first-order valence-corrected chi connectivity index (χ1v) is 8.45. The SMILES string of the molecule is CCS(=O)(=O)c1ccc(Oc2c[c]ccc2Cl)c(C(F)(F)F)c1. The van der Waals surface area contributed by atoms with Crippen LogP contribution < -0.4 is 4.74 Å². The normalized spacial score (nSPS) is 12.2. The van der Waals surface area contributed by atoms with Crippen molar-refractivity contribution in [3.63, 3.8) is 0 Å². The molecule has 2 aromatic carbocycles. The van der Waals surface area contributed by atoms with E-state index in [-0.39, 0.29) is 16.5 Å². The van der Waals surface area contributed by atoms with Gasteiger partial charge in [0.25, 0.3) is 0 Å². The van der Waals surface area contributed by atoms with Gasteiger partial charge in [-0.15, -0.1) is 0 Å². The van der Waals surface area contributed by atoms with Gasteiger partial charge in [-0.1, -0.05) is 24.6 Å². The third kappa shape index (κ3) is 3.97. The summed E-state index contributed by atoms with van der Waals surface area (Å²) in [7, 11) is -3.77. The zero-order valence-corrected chi connectivity index (χ0v) is 13.4. The molecular formula is C15H11ClF3O3S. The number of sulfone groups is 1. The summed E-state index contributed by atoms with van der Waals surface area (Å²) in [4.78, 5) is -0.412. The molecule has 0 fully saturated rings. The van der Waals surface area contributed by atoms with Crippen molar-refractivity contribution in [2.45, 2.75) is 18.0 Å². The third-order valence-electron chi connectivity index (χ3n) is 2.99. The number of benzene rings is 2. The predicted octanol–water partition coefficient (Wildman–Crippen LogP) is 4.74. The second-order valence-corrected chi connectivity index (χ2v) is 7.20. The first-order valence-electron chi connectivity index (χ1n) is 6.42. The van der Waals surface area contributed by atoms with Gasteiger partial charge in [0, 0.05) is 0 Å². The number of alkyl halides is 3. The van der Waals surface area contributed by atoms with Gasteiger partial charge in [0.2, 0.25) is 0 Å². The second-order valence-electron chi connectivity index (χ2n) is 4.52. The Bertz CT molecular complexity index is 817. The quantitative estimate of drug-likeness (QED) is 0.787. The molecule has 23 heavy (non-hydrogen) atoms. The minimum absolute atomic E-state index is 0.00855. The van der Waals surface area contributed by atoms with Gasteiger partial charge in [-0.3, -0.25) is 0 Å². The lowest BCUT2D eigenvalue weighted by molar-refractivity contribution is -0.138. The fourth-order valence-electron chi connectivity index (χ4n) is 1.77. The highest BCUT2D eigenvalue weighted by Gasteiger charge is 2.36. The van der Waals surface area contributed by atoms with Crippen molar-refractivity contribution in [3.05, 3.63) is 53.1 Å². The smallest absolute Gasteiger partial charge is 0.420 e. The van der Waals surface area contributed by atoms with Gasteiger partial charge in [-0.2, -0.15) is 13.2 Å². The minimum atomic E-state index is -4.78. The fraction of sp³-hybridized carbons (Fsp3) is 0.200. The summed E-state index contributed by atoms with van der Waals surface area (Å²) in [6.45, 7) is 1.35. The van der Waals surface area contributed by atoms with Crippen LogP contribution in [0.5, 0.6) is 11.5 Å². The molecule has 0 atom stereocenters. The Balaban J connectivity index is 2.54. The molecule has 0 aliphatic rings. The van der Waals surface area contributed by atoms with Crippen molar-refractivity contribution in [2.75, 3.05) is 5.75 Å². The van der Waals surface area contributed by atoms with Crippen LogP contribution in [0, 0.1) is 6.07 Å². The Kier molecular flexibility index (Phi) is 4.91. The van der Waals surface area contributed by atoms with Gasteiger partial charge in [-0.05, 0) is 36.4 Å². The van der Waals surface area contributed by atoms with Crippen LogP contribution in [-0.2, 0) is 16.0 Å². The van der Waals surface area contributed by atoms with E-state index in [2.05, 4.69) is 6.07 Å². The molecule has 3 nitrogen and oxygen atoms in total. The van der Waals surface area contributed by atoms with E-state index in [0.29, 0.717) is 6.07 Å². The molecule has 2 rings (SSSR count). The molecule has 0 unspecified atom stereocenters. The van der Waals surface area contributed by atoms with Crippen LogP contribution in [0.25, 0.3) is 0 Å². The Morgan fingerprint density at radius 3 is 2.48 bits per heavy atom. The lowest BCUT2D eigenvalue weighted by Gasteiger charge is -2.15. The molecule has 0 N–H and O–H groups in total. The monoisotopic (exact) mass is 363 g/mol. The largest absolute Gasteiger partial charge is 0.455 e. The predicted molar refractivity (Wildman–Crippen MR) is 79.5 cm³/mol. The standard InChI is InChI=1S/C15H11ClF3O3S/c1-2-23(20,21)10-7-8-13(11(9-10)15(17,18)19)22-14-6-4-3-5-12(14)16/h3,5-9H,2H2,1H3. The van der Waals surface area contributed by atoms with E-state index >= 15 is 0 Å². The van der Waals surface area contributed by atoms with Crippen LogP contribution in [0.3, 0.4) is 0 Å². The molecule has 0 heterocycles. The molecule has 0 aliphatic heterocycles. The molecular weight excluding hydrogens is 353 g/mol. The molecule has 8 heteroatoms. The number of ether oxygens (including phenoxy) is 1. The van der Waals surface area contributed by atoms with Crippen molar-refractivity contribution >= 4 is 21.4 Å². The Hall–Kier alpha value is -1.73. The summed E-state index contributed by atoms with van der Waals surface area (Å²) in [5.41, 5.74) is -1.19. The Morgan fingerprint density at radius 1 is 1.22 bits per heavy atom. The Labute approximate surface area is 136 Å². The summed E-state index contributed by atoms with van der Waals surface area (Å²) < 4.78 is 68.4. The maximum atomic E-state index is 13.2. The van der Waals surface area contributed by atoms with E-state index in [1.807, 2.05) is 0 Å². The summed E-state index contributed by atoms with van der Waals surface area (Å²) in [5, 5.41) is 0.113. The summed E-state index contributed by atoms with van der Waals surface area (Å²) >= 11 is 5.84. The van der Waals surface area contributed by atoms with Crippen LogP contribution >= 0.6 is 11.6 Å². The van der Waals surface area contributed by atoms with E-state index in [1.54, 1.807) is 0 Å². The first kappa shape index (κ1) is 17.6. The van der Waals surface area contributed by atoms with E-state index in [9.17, 15) is 21.6 Å². The van der Waals surface area contributed by atoms with Gasteiger partial charge in [0.1, 0.15) is 11.5 Å². The highest BCUT2D eigenvalue weighted by Crippen LogP contribution is 2.40. The average Bonchev–Trinajstić information content (AvgIpc) is 2.48. The van der Waals surface area contributed by atoms with Crippen LogP contribution in [0.4, 0.5) is 13.2 Å². The van der Waals surface area contributed by atoms with Gasteiger partial charge in [-0.25, -0.2) is 8.42 Å². The molecule has 2 aromatic rings. The van der Waals surface area contributed by atoms with Crippen LogP contribution in [0.1, 0.15) is 12.5 Å². The van der Waals surface area contributed by atoms with Gasteiger partial charge >= 0.3 is 6.18 Å². The highest BCUT2D eigenvalue weighted by atomic mass is 35.5. The molecule has 123 valence electrons. The number of rotatable bonds is 4. The van der Waals surface area contributed by atoms with E-state index in [1.165, 1.54) is 25.1 Å². The maximum absolute atomic E-state index is 13.2. The van der Waals surface area contributed by atoms with Crippen molar-refractivity contribution in [1.82, 2.24) is 0 Å². The van der Waals surface area contributed by atoms with Crippen LogP contribution in [-0.4, -0.2) is 14.2 Å². The fourth-order valence-corrected chi connectivity index (χ4v) is 2.83. The van der Waals surface area contributed by atoms with Gasteiger partial charge < -0.3 is 4.74 Å². The number of halogens is 4. The lowest BCUT2D eigenvalue weighted by Crippen LogP contribution is -2.11. The molecule has 0 saturated heterocycles. The lowest BCUT2D eigenvalue weighted by atomic mass is 10.2. The minimum Gasteiger partial charge on any atom is -0.455 e. The summed E-state index contributed by atoms with van der Waals surface area (Å²) in [6.07, 6.45) is -4.78. The molecule has 0 aliphatic carbocycles. The highest BCUT2D eigenvalue weighted by molar-refractivity contribution is 7.91. The third-order valence-corrected chi connectivity index (χ3v) is 5.04. The zero-order valence-electron chi connectivity index (χ0n) is 11.8. The van der Waals surface area contributed by atoms with Crippen molar-refractivity contribution in [2.24, 2.45) is 0 Å². The molecule has 0 bridgehead atoms. The van der Waals surface area contributed by atoms with E-state index in [4.69, 9.17) is 16.3 Å². The molecule has 0 aromatic heterocycles. The average molecular weight is 364 g/mol. The first-order chi connectivity index (χ1) is 10.6. The van der Waals surface area contributed by atoms with Crippen molar-refractivity contribution in [1.29, 1.82) is 0 Å². The topological polar surface area (TPSA) is 43.4 Å². The molecule has 0 amide bonds. The van der Waals surface area contributed by atoms with E-state index in [0.717, 1.165) is 12.1 Å². The van der Waals surface area contributed by atoms with E-state index < -0.39 is 32.2 Å². The van der Waals surface area contributed by atoms with Crippen molar-refractivity contribution < 1.29 is 26.3 Å². The second kappa shape index (κ2) is 6.41. The molecule has 1 radical (unpaired) electrons. The van der Waals surface area contributed by atoms with Crippen molar-refractivity contribution in [3.8, 4) is 11.5 Å². The zero-order chi connectivity index (χ0) is 17.3. The van der Waals surface area contributed by atoms with Gasteiger partial charge in [0.05, 0.1) is 21.2 Å². The van der Waals surface area contributed by atoms with Gasteiger partial charge in [0.15, 0.2) is 9.84 Å².